The summed E-state index contributed by atoms with van der Waals surface area (Å²) in [4.78, 5) is 1.21. The molecular formula is C15H15FOS. The Hall–Kier alpha value is -1.19. The molecule has 1 fully saturated rings. The first-order valence-corrected chi connectivity index (χ1v) is 7.10. The van der Waals surface area contributed by atoms with Crippen LogP contribution in [0.25, 0.3) is 10.4 Å². The zero-order valence-electron chi connectivity index (χ0n) is 10.1. The van der Waals surface area contributed by atoms with Gasteiger partial charge in [-0.2, -0.15) is 0 Å². The Morgan fingerprint density at radius 2 is 2.11 bits per heavy atom. The van der Waals surface area contributed by atoms with Gasteiger partial charge in [-0.3, -0.25) is 0 Å². The monoisotopic (exact) mass is 262 g/mol. The van der Waals surface area contributed by atoms with E-state index in [0.717, 1.165) is 25.2 Å². The molecule has 0 saturated carbocycles. The number of hydrogen-bond donors (Lipinski definition) is 0. The Kier molecular flexibility index (Phi) is 3.43. The second kappa shape index (κ2) is 5.21. The van der Waals surface area contributed by atoms with Gasteiger partial charge >= 0.3 is 0 Å². The summed E-state index contributed by atoms with van der Waals surface area (Å²) in [5.74, 6) is 0.485. The van der Waals surface area contributed by atoms with E-state index in [9.17, 15) is 4.39 Å². The molecule has 0 amide bonds. The number of ether oxygens (including phenoxy) is 1. The molecule has 1 atom stereocenters. The van der Waals surface area contributed by atoms with Gasteiger partial charge < -0.3 is 4.74 Å². The third-order valence-electron chi connectivity index (χ3n) is 3.33. The molecule has 0 N–H and O–H groups in total. The lowest BCUT2D eigenvalue weighted by atomic mass is 10.0. The van der Waals surface area contributed by atoms with E-state index in [0.29, 0.717) is 5.92 Å². The number of halogens is 1. The van der Waals surface area contributed by atoms with Crippen LogP contribution in [0.2, 0.25) is 0 Å². The first-order valence-electron chi connectivity index (χ1n) is 6.22. The van der Waals surface area contributed by atoms with E-state index in [1.54, 1.807) is 11.3 Å². The van der Waals surface area contributed by atoms with Gasteiger partial charge in [0.05, 0.1) is 0 Å². The average Bonchev–Trinajstić information content (AvgIpc) is 3.02. The Bertz CT molecular complexity index is 512. The van der Waals surface area contributed by atoms with Crippen LogP contribution >= 0.6 is 11.3 Å². The summed E-state index contributed by atoms with van der Waals surface area (Å²) < 4.78 is 18.3. The highest BCUT2D eigenvalue weighted by molar-refractivity contribution is 7.13. The number of rotatable bonds is 3. The van der Waals surface area contributed by atoms with E-state index in [2.05, 4.69) is 11.4 Å². The summed E-state index contributed by atoms with van der Waals surface area (Å²) in [5, 5.41) is 2.21. The van der Waals surface area contributed by atoms with Gasteiger partial charge in [-0.25, -0.2) is 4.39 Å². The van der Waals surface area contributed by atoms with Crippen LogP contribution in [0, 0.1) is 11.7 Å². The zero-order chi connectivity index (χ0) is 12.4. The van der Waals surface area contributed by atoms with E-state index in [1.165, 1.54) is 29.0 Å². The minimum atomic E-state index is -0.182. The number of thiophene rings is 1. The van der Waals surface area contributed by atoms with Crippen LogP contribution in [0.1, 0.15) is 12.0 Å². The fraction of sp³-hybridized carbons (Fsp3) is 0.333. The van der Waals surface area contributed by atoms with Gasteiger partial charge in [0, 0.05) is 18.1 Å². The van der Waals surface area contributed by atoms with Gasteiger partial charge in [0.1, 0.15) is 5.82 Å². The van der Waals surface area contributed by atoms with Crippen molar-refractivity contribution in [3.63, 3.8) is 0 Å². The number of hydrogen-bond acceptors (Lipinski definition) is 2. The standard InChI is InChI=1S/C15H15FOS/c16-14-3-1-13(2-4-14)15-8-12(10-18-15)7-11-5-6-17-9-11/h1-4,8,10-11H,5-7,9H2. The van der Waals surface area contributed by atoms with Crippen molar-refractivity contribution in [1.29, 1.82) is 0 Å². The summed E-state index contributed by atoms with van der Waals surface area (Å²) in [6, 6.07) is 8.92. The lowest BCUT2D eigenvalue weighted by Crippen LogP contribution is -2.02. The van der Waals surface area contributed by atoms with Crippen molar-refractivity contribution in [3.05, 3.63) is 47.1 Å². The Morgan fingerprint density at radius 3 is 2.83 bits per heavy atom. The summed E-state index contributed by atoms with van der Waals surface area (Å²) in [6.07, 6.45) is 2.26. The summed E-state index contributed by atoms with van der Waals surface area (Å²) >= 11 is 1.73. The summed E-state index contributed by atoms with van der Waals surface area (Å²) in [6.45, 7) is 1.79. The van der Waals surface area contributed by atoms with Gasteiger partial charge in [-0.05, 0) is 53.5 Å². The van der Waals surface area contributed by atoms with E-state index in [1.807, 2.05) is 12.1 Å². The highest BCUT2D eigenvalue weighted by atomic mass is 32.1. The van der Waals surface area contributed by atoms with Crippen LogP contribution in [0.5, 0.6) is 0 Å². The van der Waals surface area contributed by atoms with Gasteiger partial charge in [-0.1, -0.05) is 12.1 Å². The highest BCUT2D eigenvalue weighted by Gasteiger charge is 2.16. The molecule has 1 aromatic heterocycles. The van der Waals surface area contributed by atoms with E-state index >= 15 is 0 Å². The van der Waals surface area contributed by atoms with Crippen molar-refractivity contribution >= 4 is 11.3 Å². The molecule has 1 saturated heterocycles. The summed E-state index contributed by atoms with van der Waals surface area (Å²) in [7, 11) is 0. The first-order chi connectivity index (χ1) is 8.81. The van der Waals surface area contributed by atoms with Gasteiger partial charge in [-0.15, -0.1) is 11.3 Å². The molecule has 1 unspecified atom stereocenters. The highest BCUT2D eigenvalue weighted by Crippen LogP contribution is 2.29. The molecule has 1 nitrogen and oxygen atoms in total. The first kappa shape index (κ1) is 11.9. The van der Waals surface area contributed by atoms with Crippen LogP contribution in [-0.2, 0) is 11.2 Å². The molecule has 18 heavy (non-hydrogen) atoms. The third kappa shape index (κ3) is 2.62. The third-order valence-corrected chi connectivity index (χ3v) is 4.36. The maximum atomic E-state index is 12.9. The van der Waals surface area contributed by atoms with E-state index in [4.69, 9.17) is 4.74 Å². The lowest BCUT2D eigenvalue weighted by Gasteiger charge is -2.04. The van der Waals surface area contributed by atoms with Crippen molar-refractivity contribution in [3.8, 4) is 10.4 Å². The molecule has 0 aliphatic carbocycles. The van der Waals surface area contributed by atoms with Gasteiger partial charge in [0.2, 0.25) is 0 Å². The van der Waals surface area contributed by atoms with Crippen molar-refractivity contribution in [2.75, 3.05) is 13.2 Å². The molecule has 3 heteroatoms. The van der Waals surface area contributed by atoms with Gasteiger partial charge in [0.15, 0.2) is 0 Å². The lowest BCUT2D eigenvalue weighted by molar-refractivity contribution is 0.186. The second-order valence-electron chi connectivity index (χ2n) is 4.76. The van der Waals surface area contributed by atoms with Crippen molar-refractivity contribution in [1.82, 2.24) is 0 Å². The molecule has 3 rings (SSSR count). The van der Waals surface area contributed by atoms with Crippen LogP contribution in [0.15, 0.2) is 35.7 Å². The van der Waals surface area contributed by atoms with Crippen molar-refractivity contribution < 1.29 is 9.13 Å². The molecule has 2 aromatic rings. The Morgan fingerprint density at radius 1 is 1.28 bits per heavy atom. The second-order valence-corrected chi connectivity index (χ2v) is 5.67. The molecule has 1 aliphatic heterocycles. The molecular weight excluding hydrogens is 247 g/mol. The van der Waals surface area contributed by atoms with Crippen LogP contribution in [0.4, 0.5) is 4.39 Å². The van der Waals surface area contributed by atoms with E-state index in [-0.39, 0.29) is 5.82 Å². The number of benzene rings is 1. The normalized spacial score (nSPS) is 19.3. The van der Waals surface area contributed by atoms with Crippen molar-refractivity contribution in [2.45, 2.75) is 12.8 Å². The smallest absolute Gasteiger partial charge is 0.123 e. The Balaban J connectivity index is 1.74. The summed E-state index contributed by atoms with van der Waals surface area (Å²) in [5.41, 5.74) is 2.46. The minimum absolute atomic E-state index is 0.182. The largest absolute Gasteiger partial charge is 0.381 e. The Labute approximate surface area is 110 Å². The van der Waals surface area contributed by atoms with Crippen LogP contribution < -0.4 is 0 Å². The van der Waals surface area contributed by atoms with E-state index < -0.39 is 0 Å². The molecule has 1 aromatic carbocycles. The molecule has 2 heterocycles. The van der Waals surface area contributed by atoms with Crippen LogP contribution in [-0.4, -0.2) is 13.2 Å². The fourth-order valence-electron chi connectivity index (χ4n) is 2.33. The van der Waals surface area contributed by atoms with Crippen molar-refractivity contribution in [2.24, 2.45) is 5.92 Å². The predicted octanol–water partition coefficient (Wildman–Crippen LogP) is 4.13. The molecule has 0 bridgehead atoms. The average molecular weight is 262 g/mol. The van der Waals surface area contributed by atoms with Crippen LogP contribution in [0.3, 0.4) is 0 Å². The maximum absolute atomic E-state index is 12.9. The minimum Gasteiger partial charge on any atom is -0.381 e. The molecule has 1 aliphatic rings. The quantitative estimate of drug-likeness (QED) is 0.808. The molecule has 94 valence electrons. The zero-order valence-corrected chi connectivity index (χ0v) is 10.9. The maximum Gasteiger partial charge on any atom is 0.123 e. The fourth-order valence-corrected chi connectivity index (χ4v) is 3.26. The molecule has 0 spiro atoms. The van der Waals surface area contributed by atoms with Gasteiger partial charge in [0.25, 0.3) is 0 Å². The molecule has 0 radical (unpaired) electrons. The topological polar surface area (TPSA) is 9.23 Å². The predicted molar refractivity (Wildman–Crippen MR) is 72.3 cm³/mol. The SMILES string of the molecule is Fc1ccc(-c2cc(CC3CCOC3)cs2)cc1.